The van der Waals surface area contributed by atoms with Crippen LogP contribution in [-0.2, 0) is 24.9 Å². The molecule has 3 rings (SSSR count). The molecule has 0 atom stereocenters. The van der Waals surface area contributed by atoms with Gasteiger partial charge >= 0.3 is 0 Å². The molecule has 1 saturated heterocycles. The summed E-state index contributed by atoms with van der Waals surface area (Å²) in [4.78, 5) is 2.40. The van der Waals surface area contributed by atoms with E-state index < -0.39 is 0 Å². The first-order chi connectivity index (χ1) is 9.76. The largest absolute Gasteiger partial charge is 0.383 e. The third-order valence-electron chi connectivity index (χ3n) is 3.67. The number of likely N-dealkylation sites (tertiary alicyclic amines) is 1. The molecular weight excluding hydrogens is 256 g/mol. The summed E-state index contributed by atoms with van der Waals surface area (Å²) < 4.78 is 9.04. The summed E-state index contributed by atoms with van der Waals surface area (Å²) >= 11 is 0. The van der Waals surface area contributed by atoms with Crippen molar-refractivity contribution in [1.82, 2.24) is 29.4 Å². The van der Waals surface area contributed by atoms with Gasteiger partial charge in [0, 0.05) is 58.0 Å². The van der Waals surface area contributed by atoms with Crippen LogP contribution >= 0.6 is 0 Å². The zero-order valence-corrected chi connectivity index (χ0v) is 11.9. The van der Waals surface area contributed by atoms with Gasteiger partial charge in [-0.2, -0.15) is 5.10 Å². The Labute approximate surface area is 118 Å². The Morgan fingerprint density at radius 3 is 2.95 bits per heavy atom. The molecule has 0 amide bonds. The fourth-order valence-corrected chi connectivity index (χ4v) is 2.62. The van der Waals surface area contributed by atoms with E-state index in [1.807, 2.05) is 17.9 Å². The van der Waals surface area contributed by atoms with E-state index in [9.17, 15) is 0 Å². The molecule has 2 aromatic rings. The molecule has 0 bridgehead atoms. The van der Waals surface area contributed by atoms with Crippen LogP contribution in [0, 0.1) is 0 Å². The molecular formula is C13H20N6O. The van der Waals surface area contributed by atoms with E-state index in [0.29, 0.717) is 12.5 Å². The zero-order valence-electron chi connectivity index (χ0n) is 11.9. The minimum Gasteiger partial charge on any atom is -0.383 e. The molecule has 1 aliphatic heterocycles. The second-order valence-corrected chi connectivity index (χ2v) is 5.29. The molecule has 0 radical (unpaired) electrons. The third kappa shape index (κ3) is 2.73. The Kier molecular flexibility index (Phi) is 3.79. The molecule has 108 valence electrons. The van der Waals surface area contributed by atoms with E-state index in [0.717, 1.165) is 32.0 Å². The van der Waals surface area contributed by atoms with Gasteiger partial charge in [-0.1, -0.05) is 0 Å². The van der Waals surface area contributed by atoms with Gasteiger partial charge in [0.15, 0.2) is 0 Å². The lowest BCUT2D eigenvalue weighted by Gasteiger charge is -2.38. The Balaban J connectivity index is 1.53. The van der Waals surface area contributed by atoms with Crippen LogP contribution in [0.15, 0.2) is 18.7 Å². The van der Waals surface area contributed by atoms with E-state index >= 15 is 0 Å². The van der Waals surface area contributed by atoms with Crippen LogP contribution in [0.25, 0.3) is 0 Å². The lowest BCUT2D eigenvalue weighted by molar-refractivity contribution is 0.129. The van der Waals surface area contributed by atoms with E-state index in [-0.39, 0.29) is 0 Å². The van der Waals surface area contributed by atoms with Crippen molar-refractivity contribution in [2.24, 2.45) is 7.05 Å². The van der Waals surface area contributed by atoms with Crippen LogP contribution in [-0.4, -0.2) is 56.3 Å². The fourth-order valence-electron chi connectivity index (χ4n) is 2.62. The van der Waals surface area contributed by atoms with Gasteiger partial charge in [0.1, 0.15) is 12.2 Å². The van der Waals surface area contributed by atoms with Gasteiger partial charge in [-0.25, -0.2) is 0 Å². The molecule has 0 unspecified atom stereocenters. The summed E-state index contributed by atoms with van der Waals surface area (Å²) in [6, 6.07) is 0. The topological polar surface area (TPSA) is 61.0 Å². The van der Waals surface area contributed by atoms with Crippen molar-refractivity contribution in [3.05, 3.63) is 30.1 Å². The van der Waals surface area contributed by atoms with Crippen LogP contribution in [0.4, 0.5) is 0 Å². The zero-order chi connectivity index (χ0) is 13.9. The first-order valence-electron chi connectivity index (χ1n) is 6.83. The third-order valence-corrected chi connectivity index (χ3v) is 3.67. The molecule has 3 heterocycles. The molecule has 20 heavy (non-hydrogen) atoms. The molecule has 0 spiro atoms. The van der Waals surface area contributed by atoms with Gasteiger partial charge in [-0.3, -0.25) is 9.58 Å². The normalized spacial score (nSPS) is 16.5. The molecule has 1 aliphatic rings. The average molecular weight is 276 g/mol. The van der Waals surface area contributed by atoms with Crippen LogP contribution in [0.1, 0.15) is 17.3 Å². The summed E-state index contributed by atoms with van der Waals surface area (Å²) in [5.41, 5.74) is 1.26. The molecule has 0 N–H and O–H groups in total. The minimum atomic E-state index is 0.478. The quantitative estimate of drug-likeness (QED) is 0.757. The van der Waals surface area contributed by atoms with Crippen molar-refractivity contribution in [2.45, 2.75) is 19.0 Å². The van der Waals surface area contributed by atoms with Gasteiger partial charge in [-0.05, 0) is 0 Å². The van der Waals surface area contributed by atoms with Crippen molar-refractivity contribution in [2.75, 3.05) is 26.8 Å². The second-order valence-electron chi connectivity index (χ2n) is 5.29. The van der Waals surface area contributed by atoms with E-state index in [2.05, 4.69) is 31.0 Å². The van der Waals surface area contributed by atoms with E-state index in [1.54, 1.807) is 13.4 Å². The van der Waals surface area contributed by atoms with Crippen LogP contribution in [0.5, 0.6) is 0 Å². The van der Waals surface area contributed by atoms with E-state index in [4.69, 9.17) is 4.74 Å². The summed E-state index contributed by atoms with van der Waals surface area (Å²) in [5, 5.41) is 12.5. The highest BCUT2D eigenvalue weighted by Gasteiger charge is 2.31. The number of ether oxygens (including phenoxy) is 1. The van der Waals surface area contributed by atoms with Crippen LogP contribution in [0.2, 0.25) is 0 Å². The van der Waals surface area contributed by atoms with Gasteiger partial charge in [0.05, 0.1) is 12.8 Å². The number of hydrogen-bond donors (Lipinski definition) is 0. The Bertz CT molecular complexity index is 557. The van der Waals surface area contributed by atoms with Crippen molar-refractivity contribution in [1.29, 1.82) is 0 Å². The SMILES string of the molecule is COCCn1cnnc1C1CN(Cc2cnn(C)c2)C1. The molecule has 7 nitrogen and oxygen atoms in total. The number of hydrogen-bond acceptors (Lipinski definition) is 5. The average Bonchev–Trinajstić information content (AvgIpc) is 3.00. The van der Waals surface area contributed by atoms with Crippen molar-refractivity contribution in [3.8, 4) is 0 Å². The molecule has 7 heteroatoms. The Morgan fingerprint density at radius 2 is 2.25 bits per heavy atom. The van der Waals surface area contributed by atoms with Crippen molar-refractivity contribution in [3.63, 3.8) is 0 Å². The lowest BCUT2D eigenvalue weighted by atomic mass is 9.98. The number of methoxy groups -OCH3 is 1. The summed E-state index contributed by atoms with van der Waals surface area (Å²) in [6.07, 6.45) is 5.78. The number of aromatic nitrogens is 5. The maximum Gasteiger partial charge on any atom is 0.138 e. The van der Waals surface area contributed by atoms with Crippen molar-refractivity contribution < 1.29 is 4.74 Å². The lowest BCUT2D eigenvalue weighted by Crippen LogP contribution is -2.45. The predicted molar refractivity (Wildman–Crippen MR) is 73.1 cm³/mol. The Morgan fingerprint density at radius 1 is 1.40 bits per heavy atom. The fraction of sp³-hybridized carbons (Fsp3) is 0.615. The number of rotatable bonds is 6. The monoisotopic (exact) mass is 276 g/mol. The first-order valence-corrected chi connectivity index (χ1v) is 6.83. The summed E-state index contributed by atoms with van der Waals surface area (Å²) in [7, 11) is 3.66. The minimum absolute atomic E-state index is 0.478. The van der Waals surface area contributed by atoms with E-state index in [1.165, 1.54) is 5.56 Å². The molecule has 2 aromatic heterocycles. The highest BCUT2D eigenvalue weighted by molar-refractivity contribution is 5.09. The Hall–Kier alpha value is -1.73. The molecule has 0 aliphatic carbocycles. The van der Waals surface area contributed by atoms with Gasteiger partial charge in [-0.15, -0.1) is 10.2 Å². The highest BCUT2D eigenvalue weighted by Crippen LogP contribution is 2.26. The molecule has 1 fully saturated rings. The molecule has 0 aromatic carbocycles. The van der Waals surface area contributed by atoms with Gasteiger partial charge < -0.3 is 9.30 Å². The maximum atomic E-state index is 5.11. The highest BCUT2D eigenvalue weighted by atomic mass is 16.5. The first kappa shape index (κ1) is 13.3. The van der Waals surface area contributed by atoms with Crippen molar-refractivity contribution >= 4 is 0 Å². The summed E-state index contributed by atoms with van der Waals surface area (Å²) in [6.45, 7) is 4.52. The number of nitrogens with zero attached hydrogens (tertiary/aromatic N) is 6. The smallest absolute Gasteiger partial charge is 0.138 e. The van der Waals surface area contributed by atoms with Gasteiger partial charge in [0.2, 0.25) is 0 Å². The summed E-state index contributed by atoms with van der Waals surface area (Å²) in [5.74, 6) is 1.55. The predicted octanol–water partition coefficient (Wildman–Crippen LogP) is 0.257. The number of aryl methyl sites for hydroxylation is 1. The second kappa shape index (κ2) is 5.72. The van der Waals surface area contributed by atoms with Gasteiger partial charge in [0.25, 0.3) is 0 Å². The van der Waals surface area contributed by atoms with Crippen LogP contribution in [0.3, 0.4) is 0 Å². The molecule has 0 saturated carbocycles. The maximum absolute atomic E-state index is 5.11. The standard InChI is InChI=1S/C13H20N6O/c1-17-6-11(5-15-17)7-18-8-12(9-18)13-16-14-10-19(13)3-4-20-2/h5-6,10,12H,3-4,7-9H2,1-2H3. The van der Waals surface area contributed by atoms with Crippen LogP contribution < -0.4 is 0 Å².